The van der Waals surface area contributed by atoms with Crippen LogP contribution in [0.15, 0.2) is 72.8 Å². The van der Waals surface area contributed by atoms with Gasteiger partial charge in [-0.2, -0.15) is 0 Å². The minimum absolute atomic E-state index is 0.138. The topological polar surface area (TPSA) is 89.5 Å². The monoisotopic (exact) mass is 443 g/mol. The van der Waals surface area contributed by atoms with E-state index in [9.17, 15) is 18.0 Å². The maximum Gasteiger partial charge on any atom is 0.337 e. The summed E-state index contributed by atoms with van der Waals surface area (Å²) in [7, 11) is -2.57. The highest BCUT2D eigenvalue weighted by atomic mass is 35.5. The first-order chi connectivity index (χ1) is 14.3. The summed E-state index contributed by atoms with van der Waals surface area (Å²) in [4.78, 5) is 24.4. The Morgan fingerprint density at radius 2 is 1.60 bits per heavy atom. The molecule has 1 N–H and O–H groups in total. The molecule has 0 aliphatic heterocycles. The molecule has 8 heteroatoms. The number of sulfonamides is 1. The van der Waals surface area contributed by atoms with E-state index in [2.05, 4.69) is 9.46 Å². The second-order valence-corrected chi connectivity index (χ2v) is 8.59. The van der Waals surface area contributed by atoms with Crippen molar-refractivity contribution in [2.24, 2.45) is 0 Å². The number of halogens is 1. The lowest BCUT2D eigenvalue weighted by atomic mass is 10.0. The standard InChI is InChI=1S/C22H18ClNO5S/c1-29-22(26)17-9-7-15(8-10-17)14-30(27,28)24-20-12-11-18(23)13-19(20)21(25)16-5-3-2-4-6-16/h2-13,24H,14H2,1H3. The van der Waals surface area contributed by atoms with Crippen LogP contribution in [0.25, 0.3) is 0 Å². The third kappa shape index (κ3) is 5.25. The number of anilines is 1. The van der Waals surface area contributed by atoms with Crippen LogP contribution in [0, 0.1) is 0 Å². The summed E-state index contributed by atoms with van der Waals surface area (Å²) in [6.07, 6.45) is 0. The Kier molecular flexibility index (Phi) is 6.54. The number of esters is 1. The van der Waals surface area contributed by atoms with E-state index in [1.165, 1.54) is 49.6 Å². The number of nitrogens with one attached hydrogen (secondary N) is 1. The quantitative estimate of drug-likeness (QED) is 0.434. The van der Waals surface area contributed by atoms with Gasteiger partial charge in [0.1, 0.15) is 0 Å². The highest BCUT2D eigenvalue weighted by Crippen LogP contribution is 2.25. The molecule has 0 spiro atoms. The van der Waals surface area contributed by atoms with Crippen molar-refractivity contribution in [3.63, 3.8) is 0 Å². The van der Waals surface area contributed by atoms with Crippen molar-refractivity contribution in [3.05, 3.63) is 100 Å². The first-order valence-electron chi connectivity index (χ1n) is 8.86. The Morgan fingerprint density at radius 1 is 0.933 bits per heavy atom. The van der Waals surface area contributed by atoms with E-state index >= 15 is 0 Å². The molecule has 154 valence electrons. The number of carbonyl (C=O) groups excluding carboxylic acids is 2. The van der Waals surface area contributed by atoms with Gasteiger partial charge in [-0.1, -0.05) is 54.1 Å². The van der Waals surface area contributed by atoms with Crippen molar-refractivity contribution in [2.45, 2.75) is 5.75 Å². The summed E-state index contributed by atoms with van der Waals surface area (Å²) in [6, 6.07) is 18.9. The lowest BCUT2D eigenvalue weighted by molar-refractivity contribution is 0.0600. The summed E-state index contributed by atoms with van der Waals surface area (Å²) < 4.78 is 32.5. The predicted octanol–water partition coefficient (Wildman–Crippen LogP) is 4.30. The molecule has 30 heavy (non-hydrogen) atoms. The highest BCUT2D eigenvalue weighted by molar-refractivity contribution is 7.91. The third-order valence-corrected chi connectivity index (χ3v) is 5.74. The normalized spacial score (nSPS) is 11.0. The van der Waals surface area contributed by atoms with Gasteiger partial charge in [0, 0.05) is 16.1 Å². The number of ketones is 1. The SMILES string of the molecule is COC(=O)c1ccc(CS(=O)(=O)Nc2ccc(Cl)cc2C(=O)c2ccccc2)cc1. The highest BCUT2D eigenvalue weighted by Gasteiger charge is 2.19. The molecular weight excluding hydrogens is 426 g/mol. The van der Waals surface area contributed by atoms with Crippen LogP contribution in [0.3, 0.4) is 0 Å². The molecule has 0 aromatic heterocycles. The van der Waals surface area contributed by atoms with Gasteiger partial charge in [0.15, 0.2) is 5.78 Å². The first kappa shape index (κ1) is 21.5. The molecule has 6 nitrogen and oxygen atoms in total. The van der Waals surface area contributed by atoms with Crippen LogP contribution < -0.4 is 4.72 Å². The van der Waals surface area contributed by atoms with Gasteiger partial charge in [-0.05, 0) is 35.9 Å². The molecule has 0 fully saturated rings. The zero-order chi connectivity index (χ0) is 21.7. The number of hydrogen-bond donors (Lipinski definition) is 1. The van der Waals surface area contributed by atoms with E-state index in [1.807, 2.05) is 0 Å². The molecule has 0 saturated carbocycles. The predicted molar refractivity (Wildman–Crippen MR) is 115 cm³/mol. The average Bonchev–Trinajstić information content (AvgIpc) is 2.74. The molecule has 0 atom stereocenters. The molecular formula is C22H18ClNO5S. The largest absolute Gasteiger partial charge is 0.465 e. The minimum Gasteiger partial charge on any atom is -0.465 e. The van der Waals surface area contributed by atoms with Gasteiger partial charge in [-0.15, -0.1) is 0 Å². The number of hydrogen-bond acceptors (Lipinski definition) is 5. The first-order valence-corrected chi connectivity index (χ1v) is 10.9. The molecule has 0 aliphatic rings. The van der Waals surface area contributed by atoms with Crippen LogP contribution >= 0.6 is 11.6 Å². The van der Waals surface area contributed by atoms with Crippen LogP contribution in [0.2, 0.25) is 5.02 Å². The Morgan fingerprint density at radius 3 is 2.23 bits per heavy atom. The summed E-state index contributed by atoms with van der Waals surface area (Å²) in [5.41, 5.74) is 1.50. The van der Waals surface area contributed by atoms with Crippen LogP contribution in [0.5, 0.6) is 0 Å². The van der Waals surface area contributed by atoms with E-state index in [0.717, 1.165) is 0 Å². The molecule has 0 radical (unpaired) electrons. The maximum atomic E-state index is 12.9. The van der Waals surface area contributed by atoms with Crippen LogP contribution in [-0.2, 0) is 20.5 Å². The van der Waals surface area contributed by atoms with Crippen LogP contribution in [0.1, 0.15) is 31.8 Å². The van der Waals surface area contributed by atoms with Crippen LogP contribution in [-0.4, -0.2) is 27.3 Å². The molecule has 0 bridgehead atoms. The molecule has 0 heterocycles. The number of methoxy groups -OCH3 is 1. The fourth-order valence-electron chi connectivity index (χ4n) is 2.82. The Labute approximate surface area is 179 Å². The smallest absolute Gasteiger partial charge is 0.337 e. The van der Waals surface area contributed by atoms with Crippen molar-refractivity contribution in [1.82, 2.24) is 0 Å². The molecule has 0 amide bonds. The minimum atomic E-state index is -3.84. The zero-order valence-electron chi connectivity index (χ0n) is 16.0. The summed E-state index contributed by atoms with van der Waals surface area (Å²) in [5.74, 6) is -1.19. The number of carbonyl (C=O) groups is 2. The summed E-state index contributed by atoms with van der Waals surface area (Å²) in [5, 5.41) is 0.315. The fourth-order valence-corrected chi connectivity index (χ4v) is 4.20. The average molecular weight is 444 g/mol. The second-order valence-electron chi connectivity index (χ2n) is 6.43. The molecule has 0 saturated heterocycles. The van der Waals surface area contributed by atoms with E-state index in [0.29, 0.717) is 21.7 Å². The Bertz CT molecular complexity index is 1180. The Balaban J connectivity index is 1.84. The Hall–Kier alpha value is -3.16. The fraction of sp³-hybridized carbons (Fsp3) is 0.0909. The van der Waals surface area contributed by atoms with Gasteiger partial charge in [0.05, 0.1) is 24.1 Å². The van der Waals surface area contributed by atoms with E-state index in [1.54, 1.807) is 30.3 Å². The molecule has 3 rings (SSSR count). The van der Waals surface area contributed by atoms with Gasteiger partial charge in [0.2, 0.25) is 10.0 Å². The molecule has 0 unspecified atom stereocenters. The zero-order valence-corrected chi connectivity index (χ0v) is 17.5. The maximum absolute atomic E-state index is 12.9. The number of rotatable bonds is 7. The van der Waals surface area contributed by atoms with Gasteiger partial charge in [-0.3, -0.25) is 9.52 Å². The second kappa shape index (κ2) is 9.11. The van der Waals surface area contributed by atoms with Gasteiger partial charge >= 0.3 is 5.97 Å². The van der Waals surface area contributed by atoms with Crippen molar-refractivity contribution < 1.29 is 22.7 Å². The van der Waals surface area contributed by atoms with Gasteiger partial charge in [0.25, 0.3) is 0 Å². The van der Waals surface area contributed by atoms with E-state index in [4.69, 9.17) is 11.6 Å². The lowest BCUT2D eigenvalue weighted by Crippen LogP contribution is -2.17. The molecule has 0 aliphatic carbocycles. The van der Waals surface area contributed by atoms with Gasteiger partial charge in [-0.25, -0.2) is 13.2 Å². The third-order valence-electron chi connectivity index (χ3n) is 4.26. The summed E-state index contributed by atoms with van der Waals surface area (Å²) >= 11 is 6.03. The van der Waals surface area contributed by atoms with Crippen molar-refractivity contribution in [1.29, 1.82) is 0 Å². The summed E-state index contributed by atoms with van der Waals surface area (Å²) in [6.45, 7) is 0. The van der Waals surface area contributed by atoms with Crippen molar-refractivity contribution in [3.8, 4) is 0 Å². The lowest BCUT2D eigenvalue weighted by Gasteiger charge is -2.13. The molecule has 3 aromatic rings. The van der Waals surface area contributed by atoms with E-state index in [-0.39, 0.29) is 22.8 Å². The molecule has 3 aromatic carbocycles. The van der Waals surface area contributed by atoms with Crippen molar-refractivity contribution in [2.75, 3.05) is 11.8 Å². The van der Waals surface area contributed by atoms with E-state index < -0.39 is 16.0 Å². The number of benzene rings is 3. The van der Waals surface area contributed by atoms with Crippen molar-refractivity contribution >= 4 is 39.1 Å². The van der Waals surface area contributed by atoms with Gasteiger partial charge < -0.3 is 4.74 Å². The van der Waals surface area contributed by atoms with Crippen LogP contribution in [0.4, 0.5) is 5.69 Å². The number of ether oxygens (including phenoxy) is 1.